The summed E-state index contributed by atoms with van der Waals surface area (Å²) in [5.41, 5.74) is 5.69. The van der Waals surface area contributed by atoms with E-state index in [2.05, 4.69) is 109 Å². The maximum atomic E-state index is 4.57. The van der Waals surface area contributed by atoms with E-state index in [1.54, 1.807) is 18.9 Å². The first-order valence-corrected chi connectivity index (χ1v) is 14.3. The van der Waals surface area contributed by atoms with E-state index in [9.17, 15) is 0 Å². The van der Waals surface area contributed by atoms with Gasteiger partial charge in [-0.2, -0.15) is 0 Å². The summed E-state index contributed by atoms with van der Waals surface area (Å²) in [7, 11) is 0. The molecular weight excluding hydrogens is 510 g/mol. The normalized spacial score (nSPS) is 14.0. The van der Waals surface area contributed by atoms with Crippen LogP contribution in [-0.4, -0.2) is 64.2 Å². The van der Waals surface area contributed by atoms with E-state index >= 15 is 0 Å². The minimum absolute atomic E-state index is 0.175. The van der Waals surface area contributed by atoms with E-state index in [0.29, 0.717) is 0 Å². The first kappa shape index (κ1) is 26.7. The fraction of sp³-hybridized carbons (Fsp3) is 0.344. The van der Waals surface area contributed by atoms with Crippen LogP contribution in [-0.2, 0) is 6.42 Å². The van der Waals surface area contributed by atoms with Gasteiger partial charge in [0, 0.05) is 73.8 Å². The molecule has 0 saturated carbocycles. The predicted molar refractivity (Wildman–Crippen MR) is 168 cm³/mol. The van der Waals surface area contributed by atoms with Crippen molar-refractivity contribution in [2.45, 2.75) is 27.2 Å². The van der Waals surface area contributed by atoms with E-state index in [0.717, 1.165) is 79.1 Å². The van der Waals surface area contributed by atoms with E-state index in [4.69, 9.17) is 0 Å². The minimum Gasteiger partial charge on any atom is -0.369 e. The van der Waals surface area contributed by atoms with Gasteiger partial charge >= 0.3 is 0 Å². The third-order valence-corrected chi connectivity index (χ3v) is 7.47. The molecule has 0 aliphatic carbocycles. The summed E-state index contributed by atoms with van der Waals surface area (Å²) < 4.78 is 0. The molecule has 0 bridgehead atoms. The summed E-state index contributed by atoms with van der Waals surface area (Å²) >= 11 is 0. The van der Waals surface area contributed by atoms with Crippen molar-refractivity contribution in [1.82, 2.24) is 24.9 Å². The third-order valence-electron chi connectivity index (χ3n) is 7.47. The van der Waals surface area contributed by atoms with Gasteiger partial charge in [0.25, 0.3) is 0 Å². The van der Waals surface area contributed by atoms with Crippen molar-refractivity contribution in [3.8, 4) is 0 Å². The molecule has 0 amide bonds. The Balaban J connectivity index is 1.10. The number of hydrogen-bond donors (Lipinski definition) is 2. The number of benzene rings is 2. The van der Waals surface area contributed by atoms with Crippen LogP contribution in [0.1, 0.15) is 26.3 Å². The standard InChI is InChI=1S/C32H37N9/c1-32(2,3)20-35-31-27-9-7-25(18-29(27)37-22-39-31)41-15-13-40(14-16-41)24-6-8-26-28(17-24)36-21-38-30(26)34-12-10-23-5-4-11-33-19-23/h4-9,11,17-19,21-22H,10,12-16,20H2,1-3H3,(H,34,36,38)(H,35,37,39). The average molecular weight is 548 g/mol. The second-order valence-electron chi connectivity index (χ2n) is 11.8. The van der Waals surface area contributed by atoms with Gasteiger partial charge in [-0.25, -0.2) is 19.9 Å². The minimum atomic E-state index is 0.175. The second kappa shape index (κ2) is 11.5. The molecule has 1 saturated heterocycles. The molecule has 4 heterocycles. The van der Waals surface area contributed by atoms with Gasteiger partial charge in [0.05, 0.1) is 11.0 Å². The Morgan fingerprint density at radius 3 is 1.85 bits per heavy atom. The van der Waals surface area contributed by atoms with Gasteiger partial charge in [-0.1, -0.05) is 26.8 Å². The molecule has 0 unspecified atom stereocenters. The molecule has 5 aromatic rings. The molecule has 6 rings (SSSR count). The Labute approximate surface area is 241 Å². The zero-order valence-corrected chi connectivity index (χ0v) is 24.0. The number of aromatic nitrogens is 5. The van der Waals surface area contributed by atoms with Crippen molar-refractivity contribution < 1.29 is 0 Å². The predicted octanol–water partition coefficient (Wildman–Crippen LogP) is 5.41. The van der Waals surface area contributed by atoms with Crippen molar-refractivity contribution >= 4 is 44.8 Å². The molecule has 2 aromatic carbocycles. The van der Waals surface area contributed by atoms with Crippen LogP contribution in [0.25, 0.3) is 21.8 Å². The van der Waals surface area contributed by atoms with Crippen LogP contribution >= 0.6 is 0 Å². The average Bonchev–Trinajstić information content (AvgIpc) is 3.00. The fourth-order valence-electron chi connectivity index (χ4n) is 5.21. The van der Waals surface area contributed by atoms with E-state index in [-0.39, 0.29) is 5.41 Å². The van der Waals surface area contributed by atoms with Crippen LogP contribution in [0.2, 0.25) is 0 Å². The Morgan fingerprint density at radius 2 is 1.32 bits per heavy atom. The summed E-state index contributed by atoms with van der Waals surface area (Å²) in [6.45, 7) is 12.0. The number of pyridine rings is 1. The number of anilines is 4. The third kappa shape index (κ3) is 6.29. The second-order valence-corrected chi connectivity index (χ2v) is 11.8. The molecule has 3 aromatic heterocycles. The summed E-state index contributed by atoms with van der Waals surface area (Å²) in [5, 5.41) is 9.07. The Bertz CT molecular complexity index is 1620. The van der Waals surface area contributed by atoms with Crippen LogP contribution in [0.15, 0.2) is 73.6 Å². The van der Waals surface area contributed by atoms with Gasteiger partial charge in [0.1, 0.15) is 24.3 Å². The lowest BCUT2D eigenvalue weighted by Gasteiger charge is -2.37. The largest absolute Gasteiger partial charge is 0.369 e. The van der Waals surface area contributed by atoms with Crippen LogP contribution in [0, 0.1) is 5.41 Å². The zero-order valence-electron chi connectivity index (χ0n) is 24.0. The molecule has 9 nitrogen and oxygen atoms in total. The van der Waals surface area contributed by atoms with Gasteiger partial charge in [0.2, 0.25) is 0 Å². The number of hydrogen-bond acceptors (Lipinski definition) is 9. The lowest BCUT2D eigenvalue weighted by molar-refractivity contribution is 0.442. The van der Waals surface area contributed by atoms with E-state index in [1.807, 2.05) is 12.3 Å². The van der Waals surface area contributed by atoms with Gasteiger partial charge in [-0.3, -0.25) is 4.98 Å². The number of fused-ring (bicyclic) bond motifs is 2. The molecule has 0 spiro atoms. The number of piperazine rings is 1. The highest BCUT2D eigenvalue weighted by atomic mass is 15.3. The van der Waals surface area contributed by atoms with E-state index < -0.39 is 0 Å². The smallest absolute Gasteiger partial charge is 0.137 e. The van der Waals surface area contributed by atoms with Crippen LogP contribution in [0.4, 0.5) is 23.0 Å². The molecule has 0 radical (unpaired) electrons. The Hall–Kier alpha value is -4.53. The zero-order chi connectivity index (χ0) is 28.2. The summed E-state index contributed by atoms with van der Waals surface area (Å²) in [6, 6.07) is 17.1. The molecule has 210 valence electrons. The molecule has 0 atom stereocenters. The Kier molecular flexibility index (Phi) is 7.50. The molecule has 9 heteroatoms. The summed E-state index contributed by atoms with van der Waals surface area (Å²) in [5.74, 6) is 1.76. The van der Waals surface area contributed by atoms with Crippen molar-refractivity contribution in [3.05, 3.63) is 79.1 Å². The molecule has 1 aliphatic heterocycles. The lowest BCUT2D eigenvalue weighted by Crippen LogP contribution is -2.46. The lowest BCUT2D eigenvalue weighted by atomic mass is 9.97. The maximum absolute atomic E-state index is 4.57. The summed E-state index contributed by atoms with van der Waals surface area (Å²) in [4.78, 5) is 27.2. The number of rotatable bonds is 8. The van der Waals surface area contributed by atoms with Crippen LogP contribution in [0.3, 0.4) is 0 Å². The first-order valence-electron chi connectivity index (χ1n) is 14.3. The quantitative estimate of drug-likeness (QED) is 0.264. The van der Waals surface area contributed by atoms with Crippen molar-refractivity contribution in [1.29, 1.82) is 0 Å². The van der Waals surface area contributed by atoms with Crippen LogP contribution in [0.5, 0.6) is 0 Å². The number of nitrogens with one attached hydrogen (secondary N) is 2. The maximum Gasteiger partial charge on any atom is 0.137 e. The highest BCUT2D eigenvalue weighted by Crippen LogP contribution is 2.29. The molecule has 1 aliphatic rings. The SMILES string of the molecule is CC(C)(C)CNc1ncnc2cc(N3CCN(c4ccc5c(NCCc6cccnc6)ncnc5c4)CC3)ccc12. The van der Waals surface area contributed by atoms with Gasteiger partial charge < -0.3 is 20.4 Å². The number of nitrogens with zero attached hydrogens (tertiary/aromatic N) is 7. The van der Waals surface area contributed by atoms with Crippen molar-refractivity contribution in [3.63, 3.8) is 0 Å². The first-order chi connectivity index (χ1) is 19.9. The summed E-state index contributed by atoms with van der Waals surface area (Å²) in [6.07, 6.45) is 7.89. The fourth-order valence-corrected chi connectivity index (χ4v) is 5.21. The molecular formula is C32H37N9. The molecule has 2 N–H and O–H groups in total. The van der Waals surface area contributed by atoms with Gasteiger partial charge in [0.15, 0.2) is 0 Å². The molecule has 1 fully saturated rings. The van der Waals surface area contributed by atoms with Crippen molar-refractivity contribution in [2.75, 3.05) is 59.7 Å². The van der Waals surface area contributed by atoms with Crippen LogP contribution < -0.4 is 20.4 Å². The highest BCUT2D eigenvalue weighted by Gasteiger charge is 2.19. The monoisotopic (exact) mass is 547 g/mol. The highest BCUT2D eigenvalue weighted by molar-refractivity contribution is 5.92. The van der Waals surface area contributed by atoms with Gasteiger partial charge in [-0.15, -0.1) is 0 Å². The Morgan fingerprint density at radius 1 is 0.732 bits per heavy atom. The van der Waals surface area contributed by atoms with Gasteiger partial charge in [-0.05, 0) is 59.9 Å². The van der Waals surface area contributed by atoms with E-state index in [1.165, 1.54) is 16.9 Å². The topological polar surface area (TPSA) is 95.0 Å². The van der Waals surface area contributed by atoms with Crippen molar-refractivity contribution in [2.24, 2.45) is 5.41 Å². The molecule has 41 heavy (non-hydrogen) atoms.